The van der Waals surface area contributed by atoms with Crippen LogP contribution in [0.25, 0.3) is 0 Å². The van der Waals surface area contributed by atoms with E-state index in [1.54, 1.807) is 22.6 Å². The molecule has 0 aliphatic carbocycles. The Morgan fingerprint density at radius 3 is 1.67 bits per heavy atom. The monoisotopic (exact) mass is 202 g/mol. The molecular weight excluding hydrogens is 195 g/mol. The van der Waals surface area contributed by atoms with Crippen LogP contribution in [0.4, 0.5) is 0 Å². The van der Waals surface area contributed by atoms with Crippen molar-refractivity contribution in [2.24, 2.45) is 0 Å². The van der Waals surface area contributed by atoms with E-state index in [9.17, 15) is 0 Å². The Bertz CT molecular complexity index is 29.8. The highest BCUT2D eigenvalue weighted by Crippen LogP contribution is 1.98. The first kappa shape index (κ1) is 6.65. The maximum Gasteiger partial charge on any atom is 0.130 e. The summed E-state index contributed by atoms with van der Waals surface area (Å²) in [7, 11) is 0. The van der Waals surface area contributed by atoms with E-state index < -0.39 is 10.2 Å². The van der Waals surface area contributed by atoms with Crippen molar-refractivity contribution < 1.29 is 10.2 Å². The maximum atomic E-state index is 8.37. The summed E-state index contributed by atoms with van der Waals surface area (Å²) in [4.78, 5) is 0. The van der Waals surface area contributed by atoms with Crippen molar-refractivity contribution in [1.29, 1.82) is 0 Å². The third-order valence-corrected chi connectivity index (χ3v) is 1.44. The Labute approximate surface area is 50.3 Å². The average molecular weight is 202 g/mol. The van der Waals surface area contributed by atoms with Crippen LogP contribution in [0.5, 0.6) is 0 Å². The van der Waals surface area contributed by atoms with Crippen LogP contribution in [0, 0.1) is 0 Å². The molecule has 38 valence electrons. The van der Waals surface area contributed by atoms with Crippen LogP contribution in [0.3, 0.4) is 0 Å². The minimum atomic E-state index is -0.623. The number of hydrogen-bond donors (Lipinski definition) is 2. The lowest BCUT2D eigenvalue weighted by Gasteiger charge is -2.01. The number of aliphatic hydroxyl groups excluding tert-OH is 2. The van der Waals surface area contributed by atoms with Crippen molar-refractivity contribution in [3.63, 3.8) is 0 Å². The first-order chi connectivity index (χ1) is 2.64. The van der Waals surface area contributed by atoms with E-state index in [1.807, 2.05) is 0 Å². The zero-order valence-corrected chi connectivity index (χ0v) is 5.58. The average Bonchev–Trinajstić information content (AvgIpc) is 1.36. The van der Waals surface area contributed by atoms with Crippen LogP contribution in [0.2, 0.25) is 0 Å². The molecule has 3 heteroatoms. The largest absolute Gasteiger partial charge is 0.390 e. The molecule has 0 aromatic rings. The molecule has 0 radical (unpaired) electrons. The summed E-state index contributed by atoms with van der Waals surface area (Å²) in [6.07, 6.45) is -0.606. The first-order valence-electron chi connectivity index (χ1n) is 1.65. The van der Waals surface area contributed by atoms with Gasteiger partial charge in [0.1, 0.15) is 4.11 Å². The van der Waals surface area contributed by atoms with Gasteiger partial charge >= 0.3 is 0 Å². The molecule has 0 heterocycles. The fourth-order valence-electron chi connectivity index (χ4n) is 0. The quantitative estimate of drug-likeness (QED) is 0.468. The third-order valence-electron chi connectivity index (χ3n) is 0.398. The summed E-state index contributed by atoms with van der Waals surface area (Å²) in [6.45, 7) is 1.54. The van der Waals surface area contributed by atoms with Gasteiger partial charge in [0.15, 0.2) is 0 Å². The highest BCUT2D eigenvalue weighted by molar-refractivity contribution is 14.1. The Kier molecular flexibility index (Phi) is 3.06. The molecule has 2 N–H and O–H groups in total. The topological polar surface area (TPSA) is 40.5 Å². The second-order valence-corrected chi connectivity index (χ2v) is 2.39. The summed E-state index contributed by atoms with van der Waals surface area (Å²) < 4.78 is -0.623. The highest BCUT2D eigenvalue weighted by Gasteiger charge is 2.01. The molecule has 0 aliphatic rings. The van der Waals surface area contributed by atoms with Crippen LogP contribution >= 0.6 is 22.6 Å². The summed E-state index contributed by atoms with van der Waals surface area (Å²) in [5.74, 6) is 0. The van der Waals surface area contributed by atoms with Gasteiger partial charge in [-0.3, -0.25) is 0 Å². The van der Waals surface area contributed by atoms with Crippen LogP contribution < -0.4 is 0 Å². The molecule has 6 heavy (non-hydrogen) atoms. The predicted molar refractivity (Wildman–Crippen MR) is 31.7 cm³/mol. The number of rotatable bonds is 1. The lowest BCUT2D eigenvalue weighted by molar-refractivity contribution is 0.0974. The predicted octanol–water partition coefficient (Wildman–Crippen LogP) is 0.121. The van der Waals surface area contributed by atoms with E-state index >= 15 is 0 Å². The second-order valence-electron chi connectivity index (χ2n) is 1.11. The Hall–Kier alpha value is 0.650. The van der Waals surface area contributed by atoms with E-state index in [0.29, 0.717) is 0 Å². The van der Waals surface area contributed by atoms with E-state index in [4.69, 9.17) is 10.2 Å². The van der Waals surface area contributed by atoms with Crippen LogP contribution in [-0.2, 0) is 0 Å². The summed E-state index contributed by atoms with van der Waals surface area (Å²) in [5, 5.41) is 16.7. The van der Waals surface area contributed by atoms with Crippen LogP contribution in [0.15, 0.2) is 0 Å². The van der Waals surface area contributed by atoms with Gasteiger partial charge in [-0.2, -0.15) is 0 Å². The number of hydrogen-bond acceptors (Lipinski definition) is 2. The van der Waals surface area contributed by atoms with Gasteiger partial charge in [-0.15, -0.1) is 0 Å². The Morgan fingerprint density at radius 1 is 1.50 bits per heavy atom. The molecule has 0 aromatic heterocycles. The van der Waals surface area contributed by atoms with Crippen molar-refractivity contribution in [1.82, 2.24) is 0 Å². The fraction of sp³-hybridized carbons (Fsp3) is 1.00. The zero-order valence-electron chi connectivity index (χ0n) is 3.43. The normalized spacial score (nSPS) is 20.0. The van der Waals surface area contributed by atoms with Crippen molar-refractivity contribution >= 4 is 22.6 Å². The summed E-state index contributed by atoms with van der Waals surface area (Å²) in [5.41, 5.74) is 0. The smallest absolute Gasteiger partial charge is 0.130 e. The SMILES string of the molecule is CC(O)C(O)I. The van der Waals surface area contributed by atoms with Gasteiger partial charge in [0.05, 0.1) is 6.10 Å². The van der Waals surface area contributed by atoms with E-state index in [-0.39, 0.29) is 0 Å². The highest BCUT2D eigenvalue weighted by atomic mass is 127. The Morgan fingerprint density at radius 2 is 1.67 bits per heavy atom. The van der Waals surface area contributed by atoms with Crippen molar-refractivity contribution in [2.45, 2.75) is 17.1 Å². The van der Waals surface area contributed by atoms with Crippen LogP contribution in [0.1, 0.15) is 6.92 Å². The number of aliphatic hydroxyl groups is 2. The number of halogens is 1. The van der Waals surface area contributed by atoms with Gasteiger partial charge in [-0.05, 0) is 29.5 Å². The zero-order chi connectivity index (χ0) is 5.15. The van der Waals surface area contributed by atoms with Gasteiger partial charge in [-0.25, -0.2) is 0 Å². The van der Waals surface area contributed by atoms with E-state index in [1.165, 1.54) is 6.92 Å². The number of alkyl halides is 1. The lowest BCUT2D eigenvalue weighted by atomic mass is 10.5. The fourth-order valence-corrected chi connectivity index (χ4v) is 0. The standard InChI is InChI=1S/C3H7IO2/c1-2(5)3(4)6/h2-3,5-6H,1H3. The van der Waals surface area contributed by atoms with Crippen LogP contribution in [-0.4, -0.2) is 20.4 Å². The van der Waals surface area contributed by atoms with Gasteiger partial charge in [0.2, 0.25) is 0 Å². The molecule has 0 fully saturated rings. The summed E-state index contributed by atoms with van der Waals surface area (Å²) in [6, 6.07) is 0. The van der Waals surface area contributed by atoms with Crippen molar-refractivity contribution in [3.8, 4) is 0 Å². The minimum absolute atomic E-state index is 0.606. The molecular formula is C3H7IO2. The molecule has 2 unspecified atom stereocenters. The van der Waals surface area contributed by atoms with E-state index in [2.05, 4.69) is 0 Å². The van der Waals surface area contributed by atoms with Crippen molar-refractivity contribution in [3.05, 3.63) is 0 Å². The first-order valence-corrected chi connectivity index (χ1v) is 2.89. The molecule has 0 saturated carbocycles. The maximum absolute atomic E-state index is 8.37. The minimum Gasteiger partial charge on any atom is -0.390 e. The lowest BCUT2D eigenvalue weighted by Crippen LogP contribution is -2.13. The summed E-state index contributed by atoms with van der Waals surface area (Å²) >= 11 is 1.74. The Balaban J connectivity index is 2.99. The molecule has 0 saturated heterocycles. The van der Waals surface area contributed by atoms with Gasteiger partial charge in [0, 0.05) is 0 Å². The van der Waals surface area contributed by atoms with Crippen molar-refractivity contribution in [2.75, 3.05) is 0 Å². The molecule has 0 amide bonds. The molecule has 0 aliphatic heterocycles. The molecule has 0 bridgehead atoms. The van der Waals surface area contributed by atoms with Gasteiger partial charge in [-0.1, -0.05) is 0 Å². The van der Waals surface area contributed by atoms with Gasteiger partial charge in [0.25, 0.3) is 0 Å². The van der Waals surface area contributed by atoms with E-state index in [0.717, 1.165) is 0 Å². The second kappa shape index (κ2) is 2.76. The molecule has 0 aromatic carbocycles. The molecule has 2 nitrogen and oxygen atoms in total. The van der Waals surface area contributed by atoms with Gasteiger partial charge < -0.3 is 10.2 Å². The molecule has 0 spiro atoms. The molecule has 0 rings (SSSR count). The third kappa shape index (κ3) is 2.87. The molecule has 2 atom stereocenters.